The Hall–Kier alpha value is -1.64. The van der Waals surface area contributed by atoms with Crippen molar-refractivity contribution in [3.63, 3.8) is 0 Å². The molecule has 1 aliphatic rings. The maximum Gasteiger partial charge on any atom is 0.209 e. The van der Waals surface area contributed by atoms with Crippen molar-refractivity contribution in [1.82, 2.24) is 0 Å². The molecule has 7 heteroatoms. The monoisotopic (exact) mass is 444 g/mol. The zero-order valence-corrected chi connectivity index (χ0v) is 16.3. The van der Waals surface area contributed by atoms with Gasteiger partial charge in [-0.15, -0.1) is 0 Å². The summed E-state index contributed by atoms with van der Waals surface area (Å²) in [6.45, 7) is 4.10. The zero-order chi connectivity index (χ0) is 17.9. The highest BCUT2D eigenvalue weighted by Crippen LogP contribution is 2.26. The third-order valence-corrected chi connectivity index (χ3v) is 4.88. The van der Waals surface area contributed by atoms with Crippen LogP contribution in [-0.4, -0.2) is 49.5 Å². The van der Waals surface area contributed by atoms with Crippen molar-refractivity contribution in [3.05, 3.63) is 26.8 Å². The molecule has 1 heterocycles. The van der Waals surface area contributed by atoms with Crippen LogP contribution in [0, 0.1) is 9.49 Å². The van der Waals surface area contributed by atoms with Crippen molar-refractivity contribution < 1.29 is 19.4 Å². The van der Waals surface area contributed by atoms with E-state index in [2.05, 4.69) is 46.4 Å². The number of aliphatic imine (C=N–C) groups is 2. The summed E-state index contributed by atoms with van der Waals surface area (Å²) in [6, 6.07) is 2.76. The van der Waals surface area contributed by atoms with Crippen LogP contribution in [0.2, 0.25) is 0 Å². The van der Waals surface area contributed by atoms with Crippen LogP contribution in [0.25, 0.3) is 0 Å². The van der Waals surface area contributed by atoms with Crippen LogP contribution < -0.4 is 0 Å². The van der Waals surface area contributed by atoms with E-state index in [1.165, 1.54) is 0 Å². The molecule has 24 heavy (non-hydrogen) atoms. The normalized spacial score (nSPS) is 20.4. The van der Waals surface area contributed by atoms with Gasteiger partial charge in [0.2, 0.25) is 11.8 Å². The summed E-state index contributed by atoms with van der Waals surface area (Å²) >= 11 is 2.13. The Morgan fingerprint density at radius 3 is 2.46 bits per heavy atom. The number of hydrogen-bond donors (Lipinski definition) is 1. The van der Waals surface area contributed by atoms with Gasteiger partial charge in [-0.05, 0) is 46.2 Å². The Bertz CT molecular complexity index is 685. The number of aromatic hydroxyl groups is 1. The molecule has 0 fully saturated rings. The molecule has 1 aromatic rings. The second-order valence-electron chi connectivity index (χ2n) is 5.87. The molecule has 0 bridgehead atoms. The maximum atomic E-state index is 11.1. The molecule has 2 atom stereocenters. The average molecular weight is 444 g/mol. The van der Waals surface area contributed by atoms with Crippen LogP contribution in [-0.2, 0) is 15.9 Å². The van der Waals surface area contributed by atoms with Crippen LogP contribution in [0.5, 0.6) is 5.75 Å². The molecule has 0 saturated heterocycles. The quantitative estimate of drug-likeness (QED) is 0.572. The van der Waals surface area contributed by atoms with E-state index in [1.54, 1.807) is 26.4 Å². The van der Waals surface area contributed by atoms with E-state index in [1.807, 2.05) is 0 Å². The molecule has 0 saturated carbocycles. The maximum absolute atomic E-state index is 11.1. The topological polar surface area (TPSA) is 80.5 Å². The van der Waals surface area contributed by atoms with Crippen molar-refractivity contribution in [2.24, 2.45) is 15.9 Å². The van der Waals surface area contributed by atoms with Gasteiger partial charge in [0.05, 0.1) is 19.8 Å². The highest BCUT2D eigenvalue weighted by atomic mass is 127. The summed E-state index contributed by atoms with van der Waals surface area (Å²) in [6.07, 6.45) is 1.14. The number of halogens is 1. The van der Waals surface area contributed by atoms with E-state index in [4.69, 9.17) is 9.47 Å². The first-order valence-corrected chi connectivity index (χ1v) is 8.69. The van der Waals surface area contributed by atoms with Crippen LogP contribution in [0.15, 0.2) is 22.1 Å². The minimum Gasteiger partial charge on any atom is -0.507 e. The molecule has 0 radical (unpaired) electrons. The number of benzene rings is 1. The first kappa shape index (κ1) is 18.7. The second kappa shape index (κ2) is 7.96. The number of phenolic OH excluding ortho intramolecular Hbond substituents is 1. The molecule has 0 spiro atoms. The molecule has 0 unspecified atom stereocenters. The molecule has 2 rings (SSSR count). The van der Waals surface area contributed by atoms with Crippen molar-refractivity contribution in [3.8, 4) is 5.75 Å². The summed E-state index contributed by atoms with van der Waals surface area (Å²) in [5.41, 5.74) is 1.15. The Labute approximate surface area is 155 Å². The lowest BCUT2D eigenvalue weighted by Crippen LogP contribution is -2.38. The summed E-state index contributed by atoms with van der Waals surface area (Å²) in [4.78, 5) is 20.4. The fraction of sp³-hybridized carbons (Fsp3) is 0.471. The Balaban J connectivity index is 2.36. The van der Waals surface area contributed by atoms with E-state index >= 15 is 0 Å². The third kappa shape index (κ3) is 3.88. The predicted octanol–water partition coefficient (Wildman–Crippen LogP) is 2.85. The average Bonchev–Trinajstić information content (AvgIpc) is 2.56. The number of ether oxygens (including phenoxy) is 2. The number of methoxy groups -OCH3 is 2. The molecule has 0 amide bonds. The van der Waals surface area contributed by atoms with Crippen molar-refractivity contribution >= 4 is 40.7 Å². The van der Waals surface area contributed by atoms with Gasteiger partial charge in [-0.25, -0.2) is 9.98 Å². The summed E-state index contributed by atoms with van der Waals surface area (Å²) in [5.74, 6) is 1.35. The third-order valence-electron chi connectivity index (χ3n) is 3.87. The predicted molar refractivity (Wildman–Crippen MR) is 101 cm³/mol. The number of nitrogens with zero attached hydrogens (tertiary/aromatic N) is 2. The van der Waals surface area contributed by atoms with Crippen molar-refractivity contribution in [2.75, 3.05) is 14.2 Å². The van der Waals surface area contributed by atoms with Gasteiger partial charge in [-0.3, -0.25) is 4.79 Å². The molecule has 6 nitrogen and oxygen atoms in total. The van der Waals surface area contributed by atoms with E-state index in [0.717, 1.165) is 9.13 Å². The molecule has 1 aromatic carbocycles. The van der Waals surface area contributed by atoms with E-state index < -0.39 is 0 Å². The van der Waals surface area contributed by atoms with Crippen LogP contribution >= 0.6 is 22.6 Å². The van der Waals surface area contributed by atoms with Gasteiger partial charge in [-0.1, -0.05) is 13.8 Å². The van der Waals surface area contributed by atoms with Gasteiger partial charge in [0.15, 0.2) is 6.29 Å². The number of carbonyl (C=O) groups is 1. The van der Waals surface area contributed by atoms with Gasteiger partial charge in [0.25, 0.3) is 0 Å². The molecule has 0 aliphatic carbocycles. The van der Waals surface area contributed by atoms with Crippen LogP contribution in [0.1, 0.15) is 29.8 Å². The Morgan fingerprint density at radius 2 is 1.92 bits per heavy atom. The lowest BCUT2D eigenvalue weighted by molar-refractivity contribution is 0.112. The van der Waals surface area contributed by atoms with Gasteiger partial charge in [-0.2, -0.15) is 0 Å². The van der Waals surface area contributed by atoms with Crippen molar-refractivity contribution in [2.45, 2.75) is 32.4 Å². The minimum atomic E-state index is -0.322. The fourth-order valence-electron chi connectivity index (χ4n) is 2.58. The SMILES string of the molecule is COC1=N[C@H](C(C)C)C(OC)=N[C@H]1Cc1cc(C=O)c(O)cc1I. The van der Waals surface area contributed by atoms with Crippen LogP contribution in [0.4, 0.5) is 0 Å². The standard InChI is InChI=1S/C17H21IN2O4/c1-9(2)15-17(24-4)19-13(16(20-15)23-3)6-10-5-11(8-21)14(22)7-12(10)18/h5,7-9,13,15,22H,6H2,1-4H3/t13-,15+/m0/s1. The highest BCUT2D eigenvalue weighted by molar-refractivity contribution is 14.1. The lowest BCUT2D eigenvalue weighted by Gasteiger charge is -2.27. The highest BCUT2D eigenvalue weighted by Gasteiger charge is 2.31. The first-order chi connectivity index (χ1) is 11.4. The first-order valence-electron chi connectivity index (χ1n) is 7.61. The van der Waals surface area contributed by atoms with Gasteiger partial charge < -0.3 is 14.6 Å². The van der Waals surface area contributed by atoms with E-state index in [0.29, 0.717) is 24.5 Å². The molecule has 1 N–H and O–H groups in total. The number of aldehydes is 1. The van der Waals surface area contributed by atoms with Crippen LogP contribution in [0.3, 0.4) is 0 Å². The number of carbonyl (C=O) groups excluding carboxylic acids is 1. The van der Waals surface area contributed by atoms with E-state index in [-0.39, 0.29) is 29.3 Å². The number of phenols is 1. The Kier molecular flexibility index (Phi) is 6.20. The summed E-state index contributed by atoms with van der Waals surface area (Å²) in [7, 11) is 3.17. The number of rotatable bonds is 4. The molecule has 1 aliphatic heterocycles. The van der Waals surface area contributed by atoms with Gasteiger partial charge in [0.1, 0.15) is 17.8 Å². The Morgan fingerprint density at radius 1 is 1.25 bits per heavy atom. The second-order valence-corrected chi connectivity index (χ2v) is 7.03. The van der Waals surface area contributed by atoms with Crippen molar-refractivity contribution in [1.29, 1.82) is 0 Å². The lowest BCUT2D eigenvalue weighted by atomic mass is 9.99. The van der Waals surface area contributed by atoms with Gasteiger partial charge in [0, 0.05) is 9.99 Å². The molecular weight excluding hydrogens is 423 g/mol. The fourth-order valence-corrected chi connectivity index (χ4v) is 3.25. The number of hydrogen-bond acceptors (Lipinski definition) is 6. The van der Waals surface area contributed by atoms with E-state index in [9.17, 15) is 9.90 Å². The zero-order valence-electron chi connectivity index (χ0n) is 14.1. The summed E-state index contributed by atoms with van der Waals surface area (Å²) in [5, 5.41) is 9.76. The largest absolute Gasteiger partial charge is 0.507 e. The molecular formula is C17H21IN2O4. The minimum absolute atomic E-state index is 0.0246. The summed E-state index contributed by atoms with van der Waals surface area (Å²) < 4.78 is 11.7. The smallest absolute Gasteiger partial charge is 0.209 e. The van der Waals surface area contributed by atoms with Gasteiger partial charge >= 0.3 is 0 Å². The molecule has 0 aromatic heterocycles. The molecule has 130 valence electrons.